The van der Waals surface area contributed by atoms with Crippen molar-refractivity contribution in [3.63, 3.8) is 0 Å². The highest BCUT2D eigenvalue weighted by molar-refractivity contribution is 5.95. The molecule has 0 bridgehead atoms. The van der Waals surface area contributed by atoms with Crippen LogP contribution in [-0.2, 0) is 0 Å². The van der Waals surface area contributed by atoms with Crippen LogP contribution >= 0.6 is 0 Å². The van der Waals surface area contributed by atoms with Gasteiger partial charge in [-0.15, -0.1) is 0 Å². The van der Waals surface area contributed by atoms with Crippen molar-refractivity contribution in [2.24, 2.45) is 11.8 Å². The van der Waals surface area contributed by atoms with Crippen LogP contribution in [0.25, 0.3) is 16.9 Å². The van der Waals surface area contributed by atoms with Crippen molar-refractivity contribution in [1.82, 2.24) is 20.0 Å². The van der Waals surface area contributed by atoms with Gasteiger partial charge in [-0.05, 0) is 36.1 Å². The zero-order valence-electron chi connectivity index (χ0n) is 13.1. The van der Waals surface area contributed by atoms with E-state index in [1.54, 1.807) is 0 Å². The molecule has 3 heterocycles. The second-order valence-corrected chi connectivity index (χ2v) is 6.66. The van der Waals surface area contributed by atoms with Gasteiger partial charge in [0.2, 0.25) is 0 Å². The molecule has 1 aliphatic heterocycles. The lowest BCUT2D eigenvalue weighted by Crippen LogP contribution is -2.32. The normalized spacial score (nSPS) is 24.8. The number of rotatable bonds is 3. The molecule has 1 aliphatic carbocycles. The minimum atomic E-state index is 0.0139. The van der Waals surface area contributed by atoms with E-state index < -0.39 is 0 Å². The third-order valence-corrected chi connectivity index (χ3v) is 5.17. The molecule has 1 aromatic carbocycles. The molecule has 1 saturated heterocycles. The summed E-state index contributed by atoms with van der Waals surface area (Å²) in [5, 5.41) is 6.52. The van der Waals surface area contributed by atoms with Crippen molar-refractivity contribution in [2.75, 3.05) is 13.1 Å². The van der Waals surface area contributed by atoms with E-state index in [9.17, 15) is 4.79 Å². The number of carbonyl (C=O) groups excluding carboxylic acids is 1. The van der Waals surface area contributed by atoms with Crippen molar-refractivity contribution >= 4 is 11.6 Å². The minimum Gasteiger partial charge on any atom is -0.349 e. The first kappa shape index (κ1) is 13.7. The van der Waals surface area contributed by atoms with Gasteiger partial charge in [-0.3, -0.25) is 4.79 Å². The number of carbonyl (C=O) groups is 1. The number of fused-ring (bicyclic) bond motifs is 2. The van der Waals surface area contributed by atoms with E-state index in [-0.39, 0.29) is 5.91 Å². The summed E-state index contributed by atoms with van der Waals surface area (Å²) in [6.07, 6.45) is 3.96. The average Bonchev–Trinajstić information content (AvgIpc) is 3.02. The van der Waals surface area contributed by atoms with E-state index in [4.69, 9.17) is 0 Å². The van der Waals surface area contributed by atoms with E-state index in [0.29, 0.717) is 23.4 Å². The molecule has 2 N–H and O–H groups in total. The predicted molar refractivity (Wildman–Crippen MR) is 91.7 cm³/mol. The Morgan fingerprint density at radius 2 is 2.04 bits per heavy atom. The highest BCUT2D eigenvalue weighted by atomic mass is 16.1. The summed E-state index contributed by atoms with van der Waals surface area (Å²) in [7, 11) is 0. The SMILES string of the molecule is O=C(NC1C2CNC[C@H]21)c1cccc(-c2cn3ccccc3n2)c1. The van der Waals surface area contributed by atoms with Crippen LogP contribution < -0.4 is 10.6 Å². The highest BCUT2D eigenvalue weighted by Crippen LogP contribution is 2.41. The average molecular weight is 318 g/mol. The first-order chi connectivity index (χ1) is 11.8. The molecule has 1 saturated carbocycles. The molecule has 1 amide bonds. The Hall–Kier alpha value is -2.66. The zero-order valence-corrected chi connectivity index (χ0v) is 13.1. The number of benzene rings is 1. The van der Waals surface area contributed by atoms with Gasteiger partial charge >= 0.3 is 0 Å². The Morgan fingerprint density at radius 1 is 1.17 bits per heavy atom. The topological polar surface area (TPSA) is 58.4 Å². The van der Waals surface area contributed by atoms with E-state index >= 15 is 0 Å². The van der Waals surface area contributed by atoms with Gasteiger partial charge in [0.1, 0.15) is 5.65 Å². The maximum absolute atomic E-state index is 12.5. The third-order valence-electron chi connectivity index (χ3n) is 5.17. The largest absolute Gasteiger partial charge is 0.349 e. The third kappa shape index (κ3) is 2.20. The lowest BCUT2D eigenvalue weighted by molar-refractivity contribution is 0.0946. The molecule has 5 rings (SSSR count). The summed E-state index contributed by atoms with van der Waals surface area (Å²) in [6.45, 7) is 2.05. The monoisotopic (exact) mass is 318 g/mol. The second kappa shape index (κ2) is 5.18. The first-order valence-electron chi connectivity index (χ1n) is 8.35. The van der Waals surface area contributed by atoms with Gasteiger partial charge in [-0.1, -0.05) is 18.2 Å². The van der Waals surface area contributed by atoms with Crippen LogP contribution in [0.3, 0.4) is 0 Å². The van der Waals surface area contributed by atoms with Gasteiger partial charge in [0, 0.05) is 42.7 Å². The molecule has 0 spiro atoms. The van der Waals surface area contributed by atoms with Crippen LogP contribution in [-0.4, -0.2) is 34.4 Å². The number of pyridine rings is 1. The lowest BCUT2D eigenvalue weighted by atomic mass is 10.1. The molecule has 2 fully saturated rings. The van der Waals surface area contributed by atoms with Crippen LogP contribution in [0.1, 0.15) is 10.4 Å². The van der Waals surface area contributed by atoms with Crippen LogP contribution in [0.5, 0.6) is 0 Å². The number of hydrogen-bond donors (Lipinski definition) is 2. The van der Waals surface area contributed by atoms with Crippen LogP contribution in [0.15, 0.2) is 54.9 Å². The van der Waals surface area contributed by atoms with E-state index in [1.165, 1.54) is 0 Å². The zero-order chi connectivity index (χ0) is 16.1. The fourth-order valence-electron chi connectivity index (χ4n) is 3.76. The summed E-state index contributed by atoms with van der Waals surface area (Å²) in [5.41, 5.74) is 3.44. The standard InChI is InChI=1S/C19H18N4O/c24-19(22-18-14-9-20-10-15(14)18)13-5-3-4-12(8-13)16-11-23-7-2-1-6-17(23)21-16/h1-8,11,14-15,18,20H,9-10H2,(H,22,24)/t14-,15?,18?/m1/s1. The summed E-state index contributed by atoms with van der Waals surface area (Å²) in [5.74, 6) is 1.26. The molecule has 2 unspecified atom stereocenters. The maximum atomic E-state index is 12.5. The number of imidazole rings is 1. The Balaban J connectivity index is 1.40. The Labute approximate surface area is 139 Å². The quantitative estimate of drug-likeness (QED) is 0.776. The molecule has 3 atom stereocenters. The van der Waals surface area contributed by atoms with Gasteiger partial charge in [0.25, 0.3) is 5.91 Å². The molecule has 24 heavy (non-hydrogen) atoms. The highest BCUT2D eigenvalue weighted by Gasteiger charge is 2.53. The van der Waals surface area contributed by atoms with Crippen molar-refractivity contribution in [1.29, 1.82) is 0 Å². The molecular weight excluding hydrogens is 300 g/mol. The molecular formula is C19H18N4O. The van der Waals surface area contributed by atoms with Crippen LogP contribution in [0.2, 0.25) is 0 Å². The molecule has 0 radical (unpaired) electrons. The van der Waals surface area contributed by atoms with E-state index in [1.807, 2.05) is 59.3 Å². The number of nitrogens with zero attached hydrogens (tertiary/aromatic N) is 2. The first-order valence-corrected chi connectivity index (χ1v) is 8.35. The fraction of sp³-hybridized carbons (Fsp3) is 0.263. The van der Waals surface area contributed by atoms with Crippen molar-refractivity contribution < 1.29 is 4.79 Å². The Bertz CT molecular complexity index is 889. The van der Waals surface area contributed by atoms with Gasteiger partial charge in [-0.2, -0.15) is 0 Å². The number of nitrogens with one attached hydrogen (secondary N) is 2. The number of amides is 1. The van der Waals surface area contributed by atoms with E-state index in [0.717, 1.165) is 30.0 Å². The second-order valence-electron chi connectivity index (χ2n) is 6.66. The Morgan fingerprint density at radius 3 is 2.88 bits per heavy atom. The van der Waals surface area contributed by atoms with Crippen molar-refractivity contribution in [2.45, 2.75) is 6.04 Å². The van der Waals surface area contributed by atoms with Crippen LogP contribution in [0, 0.1) is 11.8 Å². The van der Waals surface area contributed by atoms with Crippen molar-refractivity contribution in [3.8, 4) is 11.3 Å². The summed E-state index contributed by atoms with van der Waals surface area (Å²) in [4.78, 5) is 17.2. The minimum absolute atomic E-state index is 0.0139. The maximum Gasteiger partial charge on any atom is 0.251 e. The molecule has 2 aliphatic rings. The summed E-state index contributed by atoms with van der Waals surface area (Å²) in [6, 6.07) is 14.0. The number of aromatic nitrogens is 2. The number of hydrogen-bond acceptors (Lipinski definition) is 3. The molecule has 120 valence electrons. The van der Waals surface area contributed by atoms with Crippen molar-refractivity contribution in [3.05, 3.63) is 60.4 Å². The molecule has 5 heteroatoms. The van der Waals surface area contributed by atoms with E-state index in [2.05, 4.69) is 15.6 Å². The van der Waals surface area contributed by atoms with Gasteiger partial charge < -0.3 is 15.0 Å². The molecule has 3 aromatic rings. The lowest BCUT2D eigenvalue weighted by Gasteiger charge is -2.08. The number of piperidine rings is 1. The van der Waals surface area contributed by atoms with Gasteiger partial charge in [0.05, 0.1) is 5.69 Å². The van der Waals surface area contributed by atoms with Gasteiger partial charge in [-0.25, -0.2) is 4.98 Å². The Kier molecular flexibility index (Phi) is 2.97. The van der Waals surface area contributed by atoms with Crippen LogP contribution in [0.4, 0.5) is 0 Å². The smallest absolute Gasteiger partial charge is 0.251 e. The molecule has 2 aromatic heterocycles. The summed E-state index contributed by atoms with van der Waals surface area (Å²) >= 11 is 0. The van der Waals surface area contributed by atoms with Gasteiger partial charge in [0.15, 0.2) is 0 Å². The predicted octanol–water partition coefficient (Wildman–Crippen LogP) is 1.95. The summed E-state index contributed by atoms with van der Waals surface area (Å²) < 4.78 is 1.99. The fourth-order valence-corrected chi connectivity index (χ4v) is 3.76. The molecule has 5 nitrogen and oxygen atoms in total.